The summed E-state index contributed by atoms with van der Waals surface area (Å²) in [4.78, 5) is 39.6. The van der Waals surface area contributed by atoms with E-state index in [0.29, 0.717) is 31.7 Å². The summed E-state index contributed by atoms with van der Waals surface area (Å²) in [5.41, 5.74) is 0.747. The van der Waals surface area contributed by atoms with E-state index in [2.05, 4.69) is 15.0 Å². The molecule has 2 saturated heterocycles. The van der Waals surface area contributed by atoms with Gasteiger partial charge >= 0.3 is 0 Å². The minimum atomic E-state index is -1.75. The van der Waals surface area contributed by atoms with Crippen LogP contribution in [-0.4, -0.2) is 70.6 Å². The average molecular weight is 375 g/mol. The number of aryl methyl sites for hydroxylation is 1. The Morgan fingerprint density at radius 3 is 2.41 bits per heavy atom. The third-order valence-corrected chi connectivity index (χ3v) is 5.39. The third-order valence-electron chi connectivity index (χ3n) is 5.39. The Labute approximate surface area is 154 Å². The minimum absolute atomic E-state index is 0.122. The van der Waals surface area contributed by atoms with Crippen molar-refractivity contribution >= 4 is 23.5 Å². The number of aromatic nitrogens is 1. The molecule has 1 aromatic rings. The molecule has 0 aliphatic carbocycles. The van der Waals surface area contributed by atoms with E-state index in [9.17, 15) is 18.4 Å². The van der Waals surface area contributed by atoms with Crippen molar-refractivity contribution in [2.24, 2.45) is 21.8 Å². The molecule has 0 saturated carbocycles. The van der Waals surface area contributed by atoms with Crippen molar-refractivity contribution in [3.63, 3.8) is 0 Å². The lowest BCUT2D eigenvalue weighted by Crippen LogP contribution is -2.39. The van der Waals surface area contributed by atoms with E-state index in [0.717, 1.165) is 6.20 Å². The number of alkyl halides is 1. The van der Waals surface area contributed by atoms with Crippen LogP contribution in [0.4, 0.5) is 8.78 Å². The number of hydrogen-bond acceptors (Lipinski definition) is 5. The van der Waals surface area contributed by atoms with Gasteiger partial charge in [-0.2, -0.15) is 4.99 Å². The fourth-order valence-corrected chi connectivity index (χ4v) is 3.86. The Balaban J connectivity index is 1.43. The van der Waals surface area contributed by atoms with Gasteiger partial charge in [0.25, 0.3) is 11.8 Å². The number of aliphatic imine (C=N–C) groups is 2. The lowest BCUT2D eigenvalue weighted by Gasteiger charge is -2.24. The first kappa shape index (κ1) is 17.7. The van der Waals surface area contributed by atoms with Gasteiger partial charge in [-0.25, -0.2) is 18.8 Å². The molecule has 3 atom stereocenters. The second-order valence-corrected chi connectivity index (χ2v) is 7.32. The molecule has 142 valence electrons. The van der Waals surface area contributed by atoms with Crippen molar-refractivity contribution in [1.29, 1.82) is 0 Å². The maximum Gasteiger partial charge on any atom is 0.289 e. The molecule has 0 aromatic carbocycles. The van der Waals surface area contributed by atoms with Crippen LogP contribution in [0.3, 0.4) is 0 Å². The average Bonchev–Trinajstić information content (AvgIpc) is 3.20. The Hall–Kier alpha value is -2.71. The molecule has 0 N–H and O–H groups in total. The van der Waals surface area contributed by atoms with E-state index in [-0.39, 0.29) is 35.1 Å². The van der Waals surface area contributed by atoms with Crippen molar-refractivity contribution in [2.45, 2.75) is 20.0 Å². The van der Waals surface area contributed by atoms with Crippen molar-refractivity contribution in [1.82, 2.24) is 14.8 Å². The highest BCUT2D eigenvalue weighted by Gasteiger charge is 2.43. The van der Waals surface area contributed by atoms with Gasteiger partial charge in [0.05, 0.1) is 11.9 Å². The number of nitrogens with zero attached hydrogens (tertiary/aromatic N) is 5. The van der Waals surface area contributed by atoms with E-state index in [1.54, 1.807) is 11.8 Å². The molecule has 4 rings (SSSR count). The van der Waals surface area contributed by atoms with Gasteiger partial charge in [-0.3, -0.25) is 9.59 Å². The summed E-state index contributed by atoms with van der Waals surface area (Å²) < 4.78 is 26.9. The predicted molar refractivity (Wildman–Crippen MR) is 93.8 cm³/mol. The molecule has 1 aromatic heterocycles. The minimum Gasteiger partial charge on any atom is -0.340 e. The molecule has 0 radical (unpaired) electrons. The van der Waals surface area contributed by atoms with Crippen LogP contribution in [0.2, 0.25) is 0 Å². The highest BCUT2D eigenvalue weighted by molar-refractivity contribution is 6.16. The van der Waals surface area contributed by atoms with Crippen molar-refractivity contribution < 1.29 is 18.4 Å². The first-order valence-corrected chi connectivity index (χ1v) is 8.81. The Bertz CT molecular complexity index is 871. The van der Waals surface area contributed by atoms with Crippen molar-refractivity contribution in [3.8, 4) is 0 Å². The summed E-state index contributed by atoms with van der Waals surface area (Å²) in [5, 5.41) is 0. The Kier molecular flexibility index (Phi) is 4.24. The number of likely N-dealkylation sites (tertiary alicyclic amines) is 2. The van der Waals surface area contributed by atoms with Gasteiger partial charge in [0.15, 0.2) is 0 Å². The van der Waals surface area contributed by atoms with Crippen molar-refractivity contribution in [2.75, 3.05) is 26.2 Å². The highest BCUT2D eigenvalue weighted by atomic mass is 19.1. The number of pyridine rings is 1. The first-order valence-electron chi connectivity index (χ1n) is 8.81. The lowest BCUT2D eigenvalue weighted by molar-refractivity contribution is -0.120. The van der Waals surface area contributed by atoms with Crippen LogP contribution in [0.25, 0.3) is 0 Å². The van der Waals surface area contributed by atoms with Crippen molar-refractivity contribution in [3.05, 3.63) is 29.3 Å². The summed E-state index contributed by atoms with van der Waals surface area (Å²) in [7, 11) is 0. The van der Waals surface area contributed by atoms with E-state index in [1.807, 2.05) is 4.90 Å². The zero-order valence-corrected chi connectivity index (χ0v) is 15.0. The predicted octanol–water partition coefficient (Wildman–Crippen LogP) is 1.23. The molecule has 2 fully saturated rings. The first-order chi connectivity index (χ1) is 12.8. The molecule has 0 spiro atoms. The fourth-order valence-electron chi connectivity index (χ4n) is 3.86. The second-order valence-electron chi connectivity index (χ2n) is 7.32. The zero-order chi connectivity index (χ0) is 19.3. The van der Waals surface area contributed by atoms with Gasteiger partial charge < -0.3 is 9.80 Å². The van der Waals surface area contributed by atoms with E-state index in [4.69, 9.17) is 0 Å². The molecule has 4 heterocycles. The fraction of sp³-hybridized carbons (Fsp3) is 0.500. The summed E-state index contributed by atoms with van der Waals surface area (Å²) in [6.45, 7) is 5.38. The molecular weight excluding hydrogens is 356 g/mol. The van der Waals surface area contributed by atoms with E-state index in [1.165, 1.54) is 13.0 Å². The van der Waals surface area contributed by atoms with Crippen LogP contribution < -0.4 is 0 Å². The van der Waals surface area contributed by atoms with E-state index >= 15 is 0 Å². The Morgan fingerprint density at radius 1 is 1.15 bits per heavy atom. The van der Waals surface area contributed by atoms with Gasteiger partial charge in [-0.15, -0.1) is 0 Å². The Morgan fingerprint density at radius 2 is 1.81 bits per heavy atom. The molecular formula is C18H19F2N5O2. The van der Waals surface area contributed by atoms with Gasteiger partial charge in [0.2, 0.25) is 12.1 Å². The quantitative estimate of drug-likeness (QED) is 0.740. The third kappa shape index (κ3) is 3.11. The number of carbonyl (C=O) groups is 2. The van der Waals surface area contributed by atoms with Crippen LogP contribution in [0.1, 0.15) is 23.0 Å². The molecule has 0 bridgehead atoms. The SMILES string of the molecule is CC1=NC(N2CC3CN(C(=O)c4cc(C)c(F)cn4)CC3C2)=NC(=O)C1F. The molecule has 3 aliphatic heterocycles. The van der Waals surface area contributed by atoms with Crippen LogP contribution in [0.15, 0.2) is 22.2 Å². The standard InChI is InChI=1S/C18H19F2N5O2/c1-9-3-14(21-4-13(9)19)17(27)24-5-11-7-25(8-12(11)6-24)18-22-10(2)15(20)16(26)23-18/h3-4,11-12,15H,5-8H2,1-2H3. The molecule has 27 heavy (non-hydrogen) atoms. The van der Waals surface area contributed by atoms with Gasteiger partial charge in [0.1, 0.15) is 11.5 Å². The number of carbonyl (C=O) groups excluding carboxylic acids is 2. The van der Waals surface area contributed by atoms with E-state index < -0.39 is 17.9 Å². The number of halogens is 2. The molecule has 3 unspecified atom stereocenters. The topological polar surface area (TPSA) is 78.2 Å². The summed E-state index contributed by atoms with van der Waals surface area (Å²) in [5.74, 6) is -0.773. The molecule has 7 nitrogen and oxygen atoms in total. The summed E-state index contributed by atoms with van der Waals surface area (Å²) in [6.07, 6.45) is -0.687. The molecule has 3 aliphatic rings. The normalized spacial score (nSPS) is 27.6. The number of rotatable bonds is 1. The number of amides is 2. The number of hydrogen-bond donors (Lipinski definition) is 0. The number of guanidine groups is 1. The summed E-state index contributed by atoms with van der Waals surface area (Å²) >= 11 is 0. The van der Waals surface area contributed by atoms with Crippen LogP contribution in [-0.2, 0) is 4.79 Å². The smallest absolute Gasteiger partial charge is 0.289 e. The zero-order valence-electron chi connectivity index (χ0n) is 15.0. The second kappa shape index (κ2) is 6.47. The van der Waals surface area contributed by atoms with Crippen LogP contribution in [0, 0.1) is 24.6 Å². The van der Waals surface area contributed by atoms with Gasteiger partial charge in [0, 0.05) is 38.0 Å². The summed E-state index contributed by atoms with van der Waals surface area (Å²) in [6, 6.07) is 1.46. The maximum absolute atomic E-state index is 13.5. The number of fused-ring (bicyclic) bond motifs is 1. The lowest BCUT2D eigenvalue weighted by atomic mass is 10.0. The van der Waals surface area contributed by atoms with Gasteiger partial charge in [-0.1, -0.05) is 0 Å². The highest BCUT2D eigenvalue weighted by Crippen LogP contribution is 2.32. The monoisotopic (exact) mass is 375 g/mol. The van der Waals surface area contributed by atoms with Crippen LogP contribution in [0.5, 0.6) is 0 Å². The van der Waals surface area contributed by atoms with Gasteiger partial charge in [-0.05, 0) is 25.5 Å². The largest absolute Gasteiger partial charge is 0.340 e. The molecule has 9 heteroatoms. The van der Waals surface area contributed by atoms with Crippen LogP contribution >= 0.6 is 0 Å². The molecule has 2 amide bonds. The maximum atomic E-state index is 13.5.